The summed E-state index contributed by atoms with van der Waals surface area (Å²) in [6.45, 7) is 2.94. The molecule has 0 aliphatic rings. The maximum absolute atomic E-state index is 7.32. The van der Waals surface area contributed by atoms with E-state index in [0.29, 0.717) is 5.69 Å². The molecule has 0 saturated carbocycles. The average molecular weight is 254 g/mol. The summed E-state index contributed by atoms with van der Waals surface area (Å²) in [6.07, 6.45) is 1.75. The van der Waals surface area contributed by atoms with E-state index in [2.05, 4.69) is 28.9 Å². The van der Waals surface area contributed by atoms with E-state index >= 15 is 0 Å². The van der Waals surface area contributed by atoms with E-state index in [0.717, 1.165) is 12.2 Å². The lowest BCUT2D eigenvalue weighted by molar-refractivity contribution is 0.909. The number of rotatable bonds is 4. The summed E-state index contributed by atoms with van der Waals surface area (Å²) in [5.74, 6) is -0.00638. The van der Waals surface area contributed by atoms with E-state index in [1.807, 2.05) is 25.2 Å². The molecular weight excluding hydrogens is 236 g/mol. The minimum absolute atomic E-state index is 0.00638. The van der Waals surface area contributed by atoms with Gasteiger partial charge in [-0.3, -0.25) is 10.4 Å². The second kappa shape index (κ2) is 5.52. The summed E-state index contributed by atoms with van der Waals surface area (Å²) in [7, 11) is 2.02. The zero-order valence-electron chi connectivity index (χ0n) is 11.2. The van der Waals surface area contributed by atoms with Gasteiger partial charge in [0.1, 0.15) is 11.5 Å². The summed E-state index contributed by atoms with van der Waals surface area (Å²) in [4.78, 5) is 6.30. The number of hydrogen-bond donors (Lipinski definition) is 2. The van der Waals surface area contributed by atoms with Gasteiger partial charge in [0, 0.05) is 13.6 Å². The molecule has 0 spiro atoms. The van der Waals surface area contributed by atoms with Gasteiger partial charge < -0.3 is 10.6 Å². The van der Waals surface area contributed by atoms with Gasteiger partial charge in [-0.1, -0.05) is 24.3 Å². The molecule has 0 bridgehead atoms. The monoisotopic (exact) mass is 254 g/mol. The molecule has 1 aromatic heterocycles. The largest absolute Gasteiger partial charge is 0.382 e. The van der Waals surface area contributed by atoms with Crippen molar-refractivity contribution in [2.75, 3.05) is 11.9 Å². The number of aryl methyl sites for hydroxylation is 1. The van der Waals surface area contributed by atoms with Gasteiger partial charge >= 0.3 is 0 Å². The summed E-state index contributed by atoms with van der Waals surface area (Å²) in [5, 5.41) is 7.32. The molecule has 0 saturated heterocycles. The van der Waals surface area contributed by atoms with Gasteiger partial charge in [0.15, 0.2) is 0 Å². The molecular formula is C15H18N4. The van der Waals surface area contributed by atoms with Crippen molar-refractivity contribution in [3.63, 3.8) is 0 Å². The van der Waals surface area contributed by atoms with Crippen LogP contribution in [0.1, 0.15) is 16.8 Å². The molecule has 0 amide bonds. The molecule has 2 aromatic rings. The minimum Gasteiger partial charge on any atom is -0.382 e. The van der Waals surface area contributed by atoms with E-state index in [1.54, 1.807) is 12.3 Å². The molecule has 19 heavy (non-hydrogen) atoms. The van der Waals surface area contributed by atoms with Crippen LogP contribution in [0.25, 0.3) is 0 Å². The summed E-state index contributed by atoms with van der Waals surface area (Å²) >= 11 is 0. The highest BCUT2D eigenvalue weighted by atomic mass is 15.1. The predicted molar refractivity (Wildman–Crippen MR) is 78.5 cm³/mol. The van der Waals surface area contributed by atoms with Gasteiger partial charge in [0.05, 0.1) is 11.9 Å². The third kappa shape index (κ3) is 3.10. The first kappa shape index (κ1) is 13.1. The Kier molecular flexibility index (Phi) is 3.80. The molecule has 2 rings (SSSR count). The molecule has 0 aliphatic carbocycles. The Morgan fingerprint density at radius 1 is 1.26 bits per heavy atom. The van der Waals surface area contributed by atoms with Crippen LogP contribution >= 0.6 is 0 Å². The number of benzene rings is 1. The molecule has 1 aromatic carbocycles. The Balaban J connectivity index is 2.14. The second-order valence-corrected chi connectivity index (χ2v) is 4.60. The molecule has 3 N–H and O–H groups in total. The molecule has 0 aliphatic heterocycles. The van der Waals surface area contributed by atoms with Crippen LogP contribution in [0.3, 0.4) is 0 Å². The molecule has 4 nitrogen and oxygen atoms in total. The van der Waals surface area contributed by atoms with E-state index in [9.17, 15) is 0 Å². The second-order valence-electron chi connectivity index (χ2n) is 4.60. The Hall–Kier alpha value is -2.36. The third-order valence-corrected chi connectivity index (χ3v) is 3.13. The Bertz CT molecular complexity index is 575. The predicted octanol–water partition coefficient (Wildman–Crippen LogP) is 2.31. The molecule has 0 unspecified atom stereocenters. The van der Waals surface area contributed by atoms with E-state index < -0.39 is 0 Å². The fourth-order valence-electron chi connectivity index (χ4n) is 1.91. The first-order chi connectivity index (χ1) is 9.08. The maximum atomic E-state index is 7.32. The lowest BCUT2D eigenvalue weighted by Gasteiger charge is -2.20. The van der Waals surface area contributed by atoms with Crippen molar-refractivity contribution in [1.29, 1.82) is 5.41 Å². The quantitative estimate of drug-likeness (QED) is 0.650. The Morgan fingerprint density at radius 2 is 2.00 bits per heavy atom. The number of nitrogens with one attached hydrogen (secondary N) is 1. The highest BCUT2D eigenvalue weighted by Crippen LogP contribution is 2.16. The molecule has 4 heteroatoms. The first-order valence-electron chi connectivity index (χ1n) is 6.14. The fourth-order valence-corrected chi connectivity index (χ4v) is 1.91. The van der Waals surface area contributed by atoms with Crippen LogP contribution in [0.4, 0.5) is 5.69 Å². The Labute approximate surface area is 113 Å². The van der Waals surface area contributed by atoms with Gasteiger partial charge in [-0.15, -0.1) is 0 Å². The van der Waals surface area contributed by atoms with E-state index in [4.69, 9.17) is 11.1 Å². The molecule has 98 valence electrons. The van der Waals surface area contributed by atoms with Crippen molar-refractivity contribution in [2.45, 2.75) is 13.5 Å². The van der Waals surface area contributed by atoms with E-state index in [1.165, 1.54) is 11.1 Å². The zero-order chi connectivity index (χ0) is 13.8. The minimum atomic E-state index is -0.00638. The first-order valence-corrected chi connectivity index (χ1v) is 6.14. The smallest absolute Gasteiger partial charge is 0.141 e. The van der Waals surface area contributed by atoms with Crippen molar-refractivity contribution in [2.24, 2.45) is 5.73 Å². The van der Waals surface area contributed by atoms with Gasteiger partial charge in [0.2, 0.25) is 0 Å². The number of amidine groups is 1. The molecule has 0 fully saturated rings. The van der Waals surface area contributed by atoms with Gasteiger partial charge in [-0.25, -0.2) is 0 Å². The van der Waals surface area contributed by atoms with Crippen LogP contribution < -0.4 is 10.6 Å². The van der Waals surface area contributed by atoms with Crippen LogP contribution in [0.5, 0.6) is 0 Å². The number of nitrogens with zero attached hydrogens (tertiary/aromatic N) is 2. The van der Waals surface area contributed by atoms with Gasteiger partial charge in [0.25, 0.3) is 0 Å². The van der Waals surface area contributed by atoms with Crippen molar-refractivity contribution < 1.29 is 0 Å². The lowest BCUT2D eigenvalue weighted by Crippen LogP contribution is -2.18. The highest BCUT2D eigenvalue weighted by molar-refractivity contribution is 5.93. The average Bonchev–Trinajstić information content (AvgIpc) is 2.41. The Morgan fingerprint density at radius 3 is 2.58 bits per heavy atom. The standard InChI is InChI=1S/C15H18N4/c1-11-5-3-4-6-12(11)10-19(2)13-7-8-14(15(16)17)18-9-13/h3-9H,10H2,1-2H3,(H3,16,17). The molecule has 0 atom stereocenters. The number of aromatic nitrogens is 1. The topological polar surface area (TPSA) is 66.0 Å². The summed E-state index contributed by atoms with van der Waals surface area (Å²) in [6, 6.07) is 12.0. The maximum Gasteiger partial charge on any atom is 0.141 e. The van der Waals surface area contributed by atoms with Crippen LogP contribution in [0, 0.1) is 12.3 Å². The lowest BCUT2D eigenvalue weighted by atomic mass is 10.1. The van der Waals surface area contributed by atoms with Crippen LogP contribution in [-0.4, -0.2) is 17.9 Å². The highest BCUT2D eigenvalue weighted by Gasteiger charge is 2.05. The normalized spacial score (nSPS) is 10.2. The molecule has 1 heterocycles. The van der Waals surface area contributed by atoms with Crippen LogP contribution in [-0.2, 0) is 6.54 Å². The number of pyridine rings is 1. The van der Waals surface area contributed by atoms with E-state index in [-0.39, 0.29) is 5.84 Å². The van der Waals surface area contributed by atoms with Crippen molar-refractivity contribution in [1.82, 2.24) is 4.98 Å². The summed E-state index contributed by atoms with van der Waals surface area (Å²) in [5.41, 5.74) is 9.48. The SMILES string of the molecule is Cc1ccccc1CN(C)c1ccc(C(=N)N)nc1. The fraction of sp³-hybridized carbons (Fsp3) is 0.200. The number of nitrogens with two attached hydrogens (primary N) is 1. The van der Waals surface area contributed by atoms with Crippen molar-refractivity contribution in [3.05, 3.63) is 59.4 Å². The van der Waals surface area contributed by atoms with Gasteiger partial charge in [-0.2, -0.15) is 0 Å². The zero-order valence-corrected chi connectivity index (χ0v) is 11.2. The van der Waals surface area contributed by atoms with Crippen molar-refractivity contribution >= 4 is 11.5 Å². The summed E-state index contributed by atoms with van der Waals surface area (Å²) < 4.78 is 0. The third-order valence-electron chi connectivity index (χ3n) is 3.13. The molecule has 0 radical (unpaired) electrons. The van der Waals surface area contributed by atoms with Crippen LogP contribution in [0.2, 0.25) is 0 Å². The van der Waals surface area contributed by atoms with Crippen molar-refractivity contribution in [3.8, 4) is 0 Å². The number of hydrogen-bond acceptors (Lipinski definition) is 3. The van der Waals surface area contributed by atoms with Crippen LogP contribution in [0.15, 0.2) is 42.6 Å². The number of anilines is 1. The number of nitrogen functional groups attached to an aromatic ring is 1. The van der Waals surface area contributed by atoms with Gasteiger partial charge in [-0.05, 0) is 30.2 Å².